The van der Waals surface area contributed by atoms with Crippen molar-refractivity contribution >= 4 is 29.1 Å². The molecule has 0 saturated carbocycles. The highest BCUT2D eigenvalue weighted by atomic mass is 35.5. The van der Waals surface area contributed by atoms with Crippen LogP contribution in [0, 0.1) is 6.92 Å². The van der Waals surface area contributed by atoms with E-state index < -0.39 is 0 Å². The van der Waals surface area contributed by atoms with Gasteiger partial charge in [0.2, 0.25) is 5.91 Å². The average Bonchev–Trinajstić information content (AvgIpc) is 2.53. The molecule has 0 aliphatic rings. The molecule has 0 aromatic heterocycles. The minimum Gasteiger partial charge on any atom is -0.350 e. The summed E-state index contributed by atoms with van der Waals surface area (Å²) in [4.78, 5) is 25.5. The first kappa shape index (κ1) is 17.0. The van der Waals surface area contributed by atoms with Crippen molar-refractivity contribution in [3.05, 3.63) is 64.7 Å². The quantitative estimate of drug-likeness (QED) is 0.913. The van der Waals surface area contributed by atoms with Crippen molar-refractivity contribution in [2.24, 2.45) is 0 Å². The number of aryl methyl sites for hydroxylation is 1. The smallest absolute Gasteiger partial charge is 0.251 e. The summed E-state index contributed by atoms with van der Waals surface area (Å²) >= 11 is 5.86. The molecule has 120 valence electrons. The van der Waals surface area contributed by atoms with E-state index >= 15 is 0 Å². The fraction of sp³-hybridized carbons (Fsp3) is 0.222. The van der Waals surface area contributed by atoms with Crippen LogP contribution in [-0.4, -0.2) is 24.9 Å². The van der Waals surface area contributed by atoms with E-state index in [0.29, 0.717) is 23.7 Å². The molecule has 4 nitrogen and oxygen atoms in total. The summed E-state index contributed by atoms with van der Waals surface area (Å²) in [6.07, 6.45) is 0. The van der Waals surface area contributed by atoms with Gasteiger partial charge in [-0.25, -0.2) is 0 Å². The zero-order valence-corrected chi connectivity index (χ0v) is 13.9. The predicted molar refractivity (Wildman–Crippen MR) is 93.0 cm³/mol. The molecular formula is C18H19ClN2O2. The Bertz CT molecular complexity index is 681. The maximum atomic E-state index is 12.1. The maximum absolute atomic E-state index is 12.1. The number of amides is 2. The highest BCUT2D eigenvalue weighted by Gasteiger charge is 2.12. The third-order valence-corrected chi connectivity index (χ3v) is 3.71. The molecule has 0 saturated heterocycles. The topological polar surface area (TPSA) is 49.4 Å². The average molecular weight is 331 g/mol. The van der Waals surface area contributed by atoms with Crippen LogP contribution in [0.2, 0.25) is 5.02 Å². The van der Waals surface area contributed by atoms with Crippen LogP contribution in [-0.2, 0) is 4.79 Å². The Balaban J connectivity index is 1.94. The lowest BCUT2D eigenvalue weighted by molar-refractivity contribution is -0.116. The van der Waals surface area contributed by atoms with E-state index in [9.17, 15) is 9.59 Å². The molecule has 0 aliphatic carbocycles. The zero-order chi connectivity index (χ0) is 16.8. The molecule has 2 rings (SSSR count). The van der Waals surface area contributed by atoms with E-state index in [1.165, 1.54) is 6.92 Å². The molecule has 5 heteroatoms. The molecule has 2 aromatic rings. The normalized spacial score (nSPS) is 10.2. The van der Waals surface area contributed by atoms with E-state index in [-0.39, 0.29) is 11.8 Å². The van der Waals surface area contributed by atoms with Gasteiger partial charge < -0.3 is 10.2 Å². The predicted octanol–water partition coefficient (Wildman–Crippen LogP) is 3.43. The van der Waals surface area contributed by atoms with Gasteiger partial charge in [0.15, 0.2) is 0 Å². The third kappa shape index (κ3) is 4.83. The highest BCUT2D eigenvalue weighted by molar-refractivity contribution is 6.30. The van der Waals surface area contributed by atoms with Crippen molar-refractivity contribution in [2.45, 2.75) is 13.8 Å². The number of halogens is 1. The molecule has 0 fully saturated rings. The number of benzene rings is 2. The van der Waals surface area contributed by atoms with E-state index in [2.05, 4.69) is 5.32 Å². The Morgan fingerprint density at radius 3 is 2.22 bits per heavy atom. The van der Waals surface area contributed by atoms with Crippen LogP contribution in [0.3, 0.4) is 0 Å². The molecular weight excluding hydrogens is 312 g/mol. The number of hydrogen-bond donors (Lipinski definition) is 1. The van der Waals surface area contributed by atoms with Crippen LogP contribution in [0.4, 0.5) is 5.69 Å². The lowest BCUT2D eigenvalue weighted by atomic mass is 10.1. The van der Waals surface area contributed by atoms with Gasteiger partial charge >= 0.3 is 0 Å². The fourth-order valence-corrected chi connectivity index (χ4v) is 2.30. The summed E-state index contributed by atoms with van der Waals surface area (Å²) in [5, 5.41) is 3.44. The second-order valence-electron chi connectivity index (χ2n) is 5.27. The summed E-state index contributed by atoms with van der Waals surface area (Å²) in [7, 11) is 0. The third-order valence-electron chi connectivity index (χ3n) is 3.45. The molecule has 0 atom stereocenters. The summed E-state index contributed by atoms with van der Waals surface area (Å²) < 4.78 is 0. The molecule has 0 aliphatic heterocycles. The number of carbonyl (C=O) groups excluding carboxylic acids is 2. The van der Waals surface area contributed by atoms with Crippen molar-refractivity contribution in [1.82, 2.24) is 5.32 Å². The van der Waals surface area contributed by atoms with Crippen molar-refractivity contribution in [3.63, 3.8) is 0 Å². The maximum Gasteiger partial charge on any atom is 0.251 e. The number of rotatable bonds is 5. The monoisotopic (exact) mass is 330 g/mol. The Morgan fingerprint density at radius 2 is 1.65 bits per heavy atom. The van der Waals surface area contributed by atoms with E-state index in [4.69, 9.17) is 11.6 Å². The SMILES string of the molecule is CC(=O)N(CCNC(=O)c1ccc(C)cc1)c1ccc(Cl)cc1. The number of hydrogen-bond acceptors (Lipinski definition) is 2. The van der Waals surface area contributed by atoms with Crippen LogP contribution < -0.4 is 10.2 Å². The standard InChI is InChI=1S/C18H19ClN2O2/c1-13-3-5-15(6-4-13)18(23)20-11-12-21(14(2)22)17-9-7-16(19)8-10-17/h3-10H,11-12H2,1-2H3,(H,20,23). The molecule has 2 aromatic carbocycles. The first-order chi connectivity index (χ1) is 11.0. The summed E-state index contributed by atoms with van der Waals surface area (Å²) in [6.45, 7) is 4.23. The van der Waals surface area contributed by atoms with Crippen molar-refractivity contribution in [3.8, 4) is 0 Å². The second-order valence-corrected chi connectivity index (χ2v) is 5.71. The largest absolute Gasteiger partial charge is 0.350 e. The molecule has 0 unspecified atom stereocenters. The summed E-state index contributed by atoms with van der Waals surface area (Å²) in [5.74, 6) is -0.235. The van der Waals surface area contributed by atoms with Crippen LogP contribution in [0.25, 0.3) is 0 Å². The number of anilines is 1. The van der Waals surface area contributed by atoms with Crippen LogP contribution in [0.1, 0.15) is 22.8 Å². The Morgan fingerprint density at radius 1 is 1.04 bits per heavy atom. The van der Waals surface area contributed by atoms with Gasteiger partial charge in [0.25, 0.3) is 5.91 Å². The number of carbonyl (C=O) groups is 2. The molecule has 2 amide bonds. The zero-order valence-electron chi connectivity index (χ0n) is 13.2. The number of nitrogens with one attached hydrogen (secondary N) is 1. The molecule has 1 N–H and O–H groups in total. The van der Waals surface area contributed by atoms with Gasteiger partial charge in [0.05, 0.1) is 0 Å². The van der Waals surface area contributed by atoms with Gasteiger partial charge in [-0.05, 0) is 43.3 Å². The van der Waals surface area contributed by atoms with Gasteiger partial charge in [-0.3, -0.25) is 9.59 Å². The molecule has 0 radical (unpaired) electrons. The minimum atomic E-state index is -0.149. The molecule has 23 heavy (non-hydrogen) atoms. The van der Waals surface area contributed by atoms with Gasteiger partial charge in [0.1, 0.15) is 0 Å². The molecule has 0 spiro atoms. The first-order valence-electron chi connectivity index (χ1n) is 7.36. The van der Waals surface area contributed by atoms with Crippen molar-refractivity contribution < 1.29 is 9.59 Å². The highest BCUT2D eigenvalue weighted by Crippen LogP contribution is 2.17. The first-order valence-corrected chi connectivity index (χ1v) is 7.73. The Labute approximate surface area is 141 Å². The van der Waals surface area contributed by atoms with Crippen molar-refractivity contribution in [2.75, 3.05) is 18.0 Å². The number of nitrogens with zero attached hydrogens (tertiary/aromatic N) is 1. The molecule has 0 bridgehead atoms. The van der Waals surface area contributed by atoms with E-state index in [0.717, 1.165) is 11.3 Å². The minimum absolute atomic E-state index is 0.0862. The van der Waals surface area contributed by atoms with Gasteiger partial charge in [-0.1, -0.05) is 29.3 Å². The Hall–Kier alpha value is -2.33. The van der Waals surface area contributed by atoms with Gasteiger partial charge in [-0.2, -0.15) is 0 Å². The van der Waals surface area contributed by atoms with E-state index in [1.807, 2.05) is 19.1 Å². The lowest BCUT2D eigenvalue weighted by Gasteiger charge is -2.21. The molecule has 0 heterocycles. The van der Waals surface area contributed by atoms with Crippen LogP contribution in [0.15, 0.2) is 48.5 Å². The Kier molecular flexibility index (Phi) is 5.77. The van der Waals surface area contributed by atoms with E-state index in [1.54, 1.807) is 41.3 Å². The van der Waals surface area contributed by atoms with Gasteiger partial charge in [-0.15, -0.1) is 0 Å². The van der Waals surface area contributed by atoms with Crippen molar-refractivity contribution in [1.29, 1.82) is 0 Å². The lowest BCUT2D eigenvalue weighted by Crippen LogP contribution is -2.37. The van der Waals surface area contributed by atoms with Gasteiger partial charge in [0, 0.05) is 36.3 Å². The van der Waals surface area contributed by atoms with Crippen LogP contribution >= 0.6 is 11.6 Å². The second kappa shape index (κ2) is 7.79. The fourth-order valence-electron chi connectivity index (χ4n) is 2.18. The van der Waals surface area contributed by atoms with Crippen LogP contribution in [0.5, 0.6) is 0 Å². The summed E-state index contributed by atoms with van der Waals surface area (Å²) in [6, 6.07) is 14.4. The summed E-state index contributed by atoms with van der Waals surface area (Å²) in [5.41, 5.74) is 2.47.